The van der Waals surface area contributed by atoms with Crippen molar-refractivity contribution in [3.63, 3.8) is 0 Å². The maximum absolute atomic E-state index is 12.3. The Hall–Kier alpha value is -1.27. The van der Waals surface area contributed by atoms with Crippen LogP contribution in [0.5, 0.6) is 0 Å². The normalized spacial score (nSPS) is 27.3. The van der Waals surface area contributed by atoms with Crippen LogP contribution in [-0.2, 0) is 11.2 Å². The molecule has 3 rings (SSSR count). The highest BCUT2D eigenvalue weighted by Gasteiger charge is 2.34. The first-order valence-corrected chi connectivity index (χ1v) is 8.75. The molecule has 3 N–H and O–H groups in total. The van der Waals surface area contributed by atoms with Crippen molar-refractivity contribution >= 4 is 28.2 Å². The van der Waals surface area contributed by atoms with Crippen molar-refractivity contribution in [1.82, 2.24) is 4.98 Å². The van der Waals surface area contributed by atoms with Crippen LogP contribution >= 0.6 is 11.3 Å². The molecular formula is C16H23N3O2S. The van der Waals surface area contributed by atoms with Crippen molar-refractivity contribution < 1.29 is 9.59 Å². The van der Waals surface area contributed by atoms with E-state index >= 15 is 0 Å². The van der Waals surface area contributed by atoms with Crippen molar-refractivity contribution in [3.05, 3.63) is 10.6 Å². The van der Waals surface area contributed by atoms with Crippen molar-refractivity contribution in [1.29, 1.82) is 0 Å². The number of anilines is 1. The molecule has 1 amide bonds. The molecule has 2 aliphatic rings. The number of hydrogen-bond acceptors (Lipinski definition) is 5. The monoisotopic (exact) mass is 321 g/mol. The van der Waals surface area contributed by atoms with Crippen LogP contribution in [0.1, 0.15) is 61.3 Å². The van der Waals surface area contributed by atoms with Crippen LogP contribution in [-0.4, -0.2) is 22.7 Å². The third-order valence-electron chi connectivity index (χ3n) is 4.55. The maximum Gasteiger partial charge on any atom is 0.229 e. The van der Waals surface area contributed by atoms with E-state index in [1.807, 2.05) is 0 Å². The molecule has 5 nitrogen and oxygen atoms in total. The molecule has 120 valence electrons. The summed E-state index contributed by atoms with van der Waals surface area (Å²) in [4.78, 5) is 29.7. The average molecular weight is 321 g/mol. The van der Waals surface area contributed by atoms with E-state index in [4.69, 9.17) is 5.73 Å². The highest BCUT2D eigenvalue weighted by atomic mass is 32.1. The lowest BCUT2D eigenvalue weighted by Crippen LogP contribution is -2.34. The second kappa shape index (κ2) is 5.74. The summed E-state index contributed by atoms with van der Waals surface area (Å²) in [6.45, 7) is 4.16. The standard InChI is InChI=1S/C16H23N3O2S/c1-16(2)7-11-13(12(20)8-16)22-15(18-11)19-14(21)9-4-3-5-10(17)6-9/h9-10H,3-8,17H2,1-2H3,(H,18,19,21). The van der Waals surface area contributed by atoms with E-state index in [0.717, 1.165) is 42.7 Å². The molecule has 2 atom stereocenters. The molecule has 1 saturated carbocycles. The van der Waals surface area contributed by atoms with Gasteiger partial charge in [-0.2, -0.15) is 0 Å². The zero-order valence-corrected chi connectivity index (χ0v) is 14.0. The van der Waals surface area contributed by atoms with Gasteiger partial charge in [0.15, 0.2) is 10.9 Å². The minimum Gasteiger partial charge on any atom is -0.328 e. The largest absolute Gasteiger partial charge is 0.328 e. The molecule has 6 heteroatoms. The molecule has 0 aromatic carbocycles. The number of carbonyl (C=O) groups excluding carboxylic acids is 2. The second-order valence-corrected chi connectivity index (χ2v) is 8.35. The molecular weight excluding hydrogens is 298 g/mol. The van der Waals surface area contributed by atoms with Gasteiger partial charge in [-0.05, 0) is 31.1 Å². The number of carbonyl (C=O) groups is 2. The summed E-state index contributed by atoms with van der Waals surface area (Å²) in [6, 6.07) is 0.122. The lowest BCUT2D eigenvalue weighted by Gasteiger charge is -2.26. The van der Waals surface area contributed by atoms with Gasteiger partial charge in [-0.15, -0.1) is 0 Å². The van der Waals surface area contributed by atoms with Crippen LogP contribution in [0.15, 0.2) is 0 Å². The summed E-state index contributed by atoms with van der Waals surface area (Å²) in [5.74, 6) is 0.105. The smallest absolute Gasteiger partial charge is 0.229 e. The number of fused-ring (bicyclic) bond motifs is 1. The highest BCUT2D eigenvalue weighted by molar-refractivity contribution is 7.17. The number of nitrogens with two attached hydrogens (primary N) is 1. The van der Waals surface area contributed by atoms with Crippen LogP contribution < -0.4 is 11.1 Å². The van der Waals surface area contributed by atoms with Crippen molar-refractivity contribution in [2.45, 2.75) is 58.4 Å². The zero-order chi connectivity index (χ0) is 15.9. The number of hydrogen-bond donors (Lipinski definition) is 2. The van der Waals surface area contributed by atoms with Gasteiger partial charge in [-0.3, -0.25) is 9.59 Å². The molecule has 22 heavy (non-hydrogen) atoms. The van der Waals surface area contributed by atoms with E-state index in [0.29, 0.717) is 11.6 Å². The van der Waals surface area contributed by atoms with Gasteiger partial charge in [0.25, 0.3) is 0 Å². The third kappa shape index (κ3) is 3.22. The van der Waals surface area contributed by atoms with Gasteiger partial charge in [-0.1, -0.05) is 31.6 Å². The first-order valence-electron chi connectivity index (χ1n) is 7.93. The minimum absolute atomic E-state index is 0.00652. The fourth-order valence-electron chi connectivity index (χ4n) is 3.45. The topological polar surface area (TPSA) is 85.1 Å². The van der Waals surface area contributed by atoms with E-state index in [9.17, 15) is 9.59 Å². The van der Waals surface area contributed by atoms with Crippen LogP contribution in [0.2, 0.25) is 0 Å². The molecule has 0 radical (unpaired) electrons. The molecule has 2 aliphatic carbocycles. The summed E-state index contributed by atoms with van der Waals surface area (Å²) in [6.07, 6.45) is 4.96. The molecule has 0 aliphatic heterocycles. The van der Waals surface area contributed by atoms with E-state index in [2.05, 4.69) is 24.1 Å². The van der Waals surface area contributed by atoms with Crippen LogP contribution in [0.3, 0.4) is 0 Å². The number of aromatic nitrogens is 1. The number of nitrogens with zero attached hydrogens (tertiary/aromatic N) is 1. The predicted molar refractivity (Wildman–Crippen MR) is 87.1 cm³/mol. The van der Waals surface area contributed by atoms with Crippen LogP contribution in [0.4, 0.5) is 5.13 Å². The van der Waals surface area contributed by atoms with Crippen molar-refractivity contribution in [2.24, 2.45) is 17.1 Å². The Kier molecular flexibility index (Phi) is 4.07. The molecule has 0 bridgehead atoms. The minimum atomic E-state index is -0.0461. The van der Waals surface area contributed by atoms with Crippen molar-refractivity contribution in [2.75, 3.05) is 5.32 Å². The third-order valence-corrected chi connectivity index (χ3v) is 5.61. The predicted octanol–water partition coefficient (Wildman–Crippen LogP) is 2.75. The fourth-order valence-corrected chi connectivity index (χ4v) is 4.37. The highest BCUT2D eigenvalue weighted by Crippen LogP contribution is 2.38. The Morgan fingerprint density at radius 1 is 1.36 bits per heavy atom. The Balaban J connectivity index is 1.72. The number of ketones is 1. The average Bonchev–Trinajstić information content (AvgIpc) is 2.80. The SMILES string of the molecule is CC1(C)CC(=O)c2sc(NC(=O)C3CCCC(N)C3)nc2C1. The van der Waals surface area contributed by atoms with Gasteiger partial charge in [0, 0.05) is 18.4 Å². The van der Waals surface area contributed by atoms with Gasteiger partial charge >= 0.3 is 0 Å². The van der Waals surface area contributed by atoms with E-state index in [1.54, 1.807) is 0 Å². The Labute approximate surface area is 134 Å². The van der Waals surface area contributed by atoms with Gasteiger partial charge in [0.2, 0.25) is 5.91 Å². The Morgan fingerprint density at radius 2 is 2.14 bits per heavy atom. The fraction of sp³-hybridized carbons (Fsp3) is 0.688. The summed E-state index contributed by atoms with van der Waals surface area (Å²) < 4.78 is 0. The maximum atomic E-state index is 12.3. The number of thiazole rings is 1. The van der Waals surface area contributed by atoms with Crippen LogP contribution in [0.25, 0.3) is 0 Å². The van der Waals surface area contributed by atoms with E-state index in [1.165, 1.54) is 11.3 Å². The van der Waals surface area contributed by atoms with Gasteiger partial charge in [-0.25, -0.2) is 4.98 Å². The first-order chi connectivity index (χ1) is 10.3. The Morgan fingerprint density at radius 3 is 2.86 bits per heavy atom. The van der Waals surface area contributed by atoms with E-state index in [-0.39, 0.29) is 29.1 Å². The molecule has 1 heterocycles. The Bertz CT molecular complexity index is 609. The van der Waals surface area contributed by atoms with Gasteiger partial charge < -0.3 is 11.1 Å². The number of rotatable bonds is 2. The summed E-state index contributed by atoms with van der Waals surface area (Å²) in [5, 5.41) is 3.45. The zero-order valence-electron chi connectivity index (χ0n) is 13.1. The molecule has 2 unspecified atom stereocenters. The molecule has 1 fully saturated rings. The lowest BCUT2D eigenvalue weighted by atomic mass is 9.78. The molecule has 1 aromatic heterocycles. The summed E-state index contributed by atoms with van der Waals surface area (Å²) >= 11 is 1.31. The first kappa shape index (κ1) is 15.6. The van der Waals surface area contributed by atoms with E-state index < -0.39 is 0 Å². The second-order valence-electron chi connectivity index (χ2n) is 7.35. The number of Topliss-reactive ketones (excluding diaryl/α,β-unsaturated/α-hetero) is 1. The quantitative estimate of drug-likeness (QED) is 0.877. The lowest BCUT2D eigenvalue weighted by molar-refractivity contribution is -0.120. The van der Waals surface area contributed by atoms with Gasteiger partial charge in [0.05, 0.1) is 10.6 Å². The van der Waals surface area contributed by atoms with Crippen LogP contribution in [0, 0.1) is 11.3 Å². The summed E-state index contributed by atoms with van der Waals surface area (Å²) in [5.41, 5.74) is 6.74. The molecule has 1 aromatic rings. The van der Waals surface area contributed by atoms with Gasteiger partial charge in [0.1, 0.15) is 0 Å². The number of nitrogens with one attached hydrogen (secondary N) is 1. The molecule has 0 saturated heterocycles. The molecule has 0 spiro atoms. The summed E-state index contributed by atoms with van der Waals surface area (Å²) in [7, 11) is 0. The number of amides is 1. The van der Waals surface area contributed by atoms with Crippen molar-refractivity contribution in [3.8, 4) is 0 Å².